The van der Waals surface area contributed by atoms with Gasteiger partial charge in [0.15, 0.2) is 5.96 Å². The normalized spacial score (nSPS) is 14.4. The van der Waals surface area contributed by atoms with Gasteiger partial charge >= 0.3 is 0 Å². The van der Waals surface area contributed by atoms with E-state index in [1.807, 2.05) is 0 Å². The summed E-state index contributed by atoms with van der Waals surface area (Å²) in [5.41, 5.74) is 2.71. The van der Waals surface area contributed by atoms with Gasteiger partial charge in [0.2, 0.25) is 0 Å². The van der Waals surface area contributed by atoms with Crippen LogP contribution in [-0.4, -0.2) is 31.0 Å². The molecule has 1 heterocycles. The van der Waals surface area contributed by atoms with Crippen LogP contribution in [0, 0.1) is 0 Å². The van der Waals surface area contributed by atoms with Crippen LogP contribution in [-0.2, 0) is 6.54 Å². The molecule has 2 rings (SSSR count). The maximum atomic E-state index is 4.42. The molecule has 100 valence electrons. The van der Waals surface area contributed by atoms with Gasteiger partial charge in [0.1, 0.15) is 0 Å². The highest BCUT2D eigenvalue weighted by molar-refractivity contribution is 14.0. The lowest BCUT2D eigenvalue weighted by molar-refractivity contribution is 0.534. The number of benzene rings is 1. The van der Waals surface area contributed by atoms with Crippen LogP contribution in [0.5, 0.6) is 0 Å². The van der Waals surface area contributed by atoms with Crippen LogP contribution in [0.15, 0.2) is 29.3 Å². The first-order valence-electron chi connectivity index (χ1n) is 6.25. The van der Waals surface area contributed by atoms with Crippen molar-refractivity contribution in [2.75, 3.05) is 20.1 Å². The Morgan fingerprint density at radius 2 is 2.17 bits per heavy atom. The van der Waals surface area contributed by atoms with Gasteiger partial charge in [-0.25, -0.2) is 0 Å². The maximum Gasteiger partial charge on any atom is 0.194 e. The van der Waals surface area contributed by atoms with Gasteiger partial charge in [-0.1, -0.05) is 38.1 Å². The molecular formula is C14H22IN3. The monoisotopic (exact) mass is 359 g/mol. The molecule has 0 spiro atoms. The number of guanidine groups is 1. The van der Waals surface area contributed by atoms with Gasteiger partial charge in [0.05, 0.1) is 6.54 Å². The highest BCUT2D eigenvalue weighted by Crippen LogP contribution is 2.15. The van der Waals surface area contributed by atoms with Crippen molar-refractivity contribution >= 4 is 29.9 Å². The zero-order chi connectivity index (χ0) is 12.3. The van der Waals surface area contributed by atoms with Crippen LogP contribution < -0.4 is 5.32 Å². The molecule has 0 saturated carbocycles. The first-order valence-corrected chi connectivity index (χ1v) is 6.25. The van der Waals surface area contributed by atoms with Crippen LogP contribution in [0.2, 0.25) is 0 Å². The fraction of sp³-hybridized carbons (Fsp3) is 0.500. The van der Waals surface area contributed by atoms with Crippen LogP contribution in [0.4, 0.5) is 0 Å². The van der Waals surface area contributed by atoms with E-state index in [4.69, 9.17) is 0 Å². The Balaban J connectivity index is 0.00000162. The van der Waals surface area contributed by atoms with E-state index in [0.717, 1.165) is 25.6 Å². The highest BCUT2D eigenvalue weighted by atomic mass is 127. The maximum absolute atomic E-state index is 4.42. The zero-order valence-electron chi connectivity index (χ0n) is 11.3. The van der Waals surface area contributed by atoms with Gasteiger partial charge in [-0.05, 0) is 17.0 Å². The van der Waals surface area contributed by atoms with Crippen molar-refractivity contribution in [1.82, 2.24) is 10.2 Å². The van der Waals surface area contributed by atoms with Crippen molar-refractivity contribution in [3.63, 3.8) is 0 Å². The molecule has 0 aliphatic carbocycles. The van der Waals surface area contributed by atoms with E-state index in [1.165, 1.54) is 11.1 Å². The van der Waals surface area contributed by atoms with E-state index in [1.54, 1.807) is 0 Å². The Bertz CT molecular complexity index is 415. The predicted octanol–water partition coefficient (Wildman–Crippen LogP) is 2.82. The van der Waals surface area contributed by atoms with Gasteiger partial charge in [-0.15, -0.1) is 24.0 Å². The van der Waals surface area contributed by atoms with Crippen LogP contribution in [0.1, 0.15) is 30.9 Å². The van der Waals surface area contributed by atoms with Crippen molar-refractivity contribution in [1.29, 1.82) is 0 Å². The summed E-state index contributed by atoms with van der Waals surface area (Å²) >= 11 is 0. The zero-order valence-corrected chi connectivity index (χ0v) is 13.6. The Morgan fingerprint density at radius 1 is 1.39 bits per heavy atom. The number of halogens is 1. The molecule has 1 aromatic carbocycles. The molecule has 0 aromatic heterocycles. The third-order valence-electron chi connectivity index (χ3n) is 3.13. The first kappa shape index (κ1) is 15.3. The lowest BCUT2D eigenvalue weighted by Crippen LogP contribution is -2.35. The summed E-state index contributed by atoms with van der Waals surface area (Å²) in [6.45, 7) is 7.23. The summed E-state index contributed by atoms with van der Waals surface area (Å²) in [7, 11) is 2.07. The molecule has 1 aliphatic heterocycles. The average molecular weight is 359 g/mol. The van der Waals surface area contributed by atoms with Gasteiger partial charge in [0, 0.05) is 20.1 Å². The Morgan fingerprint density at radius 3 is 2.78 bits per heavy atom. The van der Waals surface area contributed by atoms with E-state index in [0.29, 0.717) is 5.92 Å². The smallest absolute Gasteiger partial charge is 0.194 e. The third kappa shape index (κ3) is 3.86. The fourth-order valence-electron chi connectivity index (χ4n) is 1.97. The van der Waals surface area contributed by atoms with Gasteiger partial charge in [-0.3, -0.25) is 4.99 Å². The topological polar surface area (TPSA) is 27.6 Å². The summed E-state index contributed by atoms with van der Waals surface area (Å²) in [6.07, 6.45) is 0. The molecule has 0 radical (unpaired) electrons. The Hall–Kier alpha value is -0.780. The second-order valence-electron chi connectivity index (χ2n) is 4.88. The molecule has 0 saturated heterocycles. The molecular weight excluding hydrogens is 337 g/mol. The highest BCUT2D eigenvalue weighted by Gasteiger charge is 2.11. The Kier molecular flexibility index (Phi) is 5.91. The van der Waals surface area contributed by atoms with E-state index >= 15 is 0 Å². The molecule has 18 heavy (non-hydrogen) atoms. The number of nitrogens with one attached hydrogen (secondary N) is 1. The molecule has 1 N–H and O–H groups in total. The first-order chi connectivity index (χ1) is 8.16. The quantitative estimate of drug-likeness (QED) is 0.841. The number of rotatable bonds is 3. The number of hydrogen-bond donors (Lipinski definition) is 1. The second kappa shape index (κ2) is 6.97. The summed E-state index contributed by atoms with van der Waals surface area (Å²) < 4.78 is 0. The number of aliphatic imine (C=N–C) groups is 1. The minimum Gasteiger partial charge on any atom is -0.352 e. The number of nitrogens with zero attached hydrogens (tertiary/aromatic N) is 2. The van der Waals surface area contributed by atoms with Crippen molar-refractivity contribution in [2.24, 2.45) is 4.99 Å². The summed E-state index contributed by atoms with van der Waals surface area (Å²) in [4.78, 5) is 6.58. The van der Waals surface area contributed by atoms with E-state index in [-0.39, 0.29) is 24.0 Å². The average Bonchev–Trinajstić information content (AvgIpc) is 2.72. The molecule has 0 amide bonds. The second-order valence-corrected chi connectivity index (χ2v) is 4.88. The van der Waals surface area contributed by atoms with Crippen molar-refractivity contribution < 1.29 is 0 Å². The van der Waals surface area contributed by atoms with Crippen LogP contribution in [0.3, 0.4) is 0 Å². The molecule has 1 aromatic rings. The van der Waals surface area contributed by atoms with Crippen LogP contribution >= 0.6 is 24.0 Å². The molecule has 0 unspecified atom stereocenters. The van der Waals surface area contributed by atoms with Crippen molar-refractivity contribution in [3.8, 4) is 0 Å². The minimum atomic E-state index is 0. The van der Waals surface area contributed by atoms with Gasteiger partial charge in [-0.2, -0.15) is 0 Å². The van der Waals surface area contributed by atoms with E-state index < -0.39 is 0 Å². The summed E-state index contributed by atoms with van der Waals surface area (Å²) in [5.74, 6) is 1.60. The van der Waals surface area contributed by atoms with Crippen molar-refractivity contribution in [2.45, 2.75) is 26.3 Å². The molecule has 0 bridgehead atoms. The molecule has 0 fully saturated rings. The third-order valence-corrected chi connectivity index (χ3v) is 3.13. The molecule has 0 atom stereocenters. The SMILES string of the molecule is CC(C)c1cccc(CNC2=NCCN2C)c1.I. The predicted molar refractivity (Wildman–Crippen MR) is 87.7 cm³/mol. The van der Waals surface area contributed by atoms with Crippen LogP contribution in [0.25, 0.3) is 0 Å². The van der Waals surface area contributed by atoms with E-state index in [9.17, 15) is 0 Å². The molecule has 4 heteroatoms. The van der Waals surface area contributed by atoms with Gasteiger partial charge in [0.25, 0.3) is 0 Å². The Labute approximate surface area is 127 Å². The fourth-order valence-corrected chi connectivity index (χ4v) is 1.97. The molecule has 1 aliphatic rings. The minimum absolute atomic E-state index is 0. The standard InChI is InChI=1S/C14H21N3.HI/c1-11(2)13-6-4-5-12(9-13)10-16-14-15-7-8-17(14)3;/h4-6,9,11H,7-8,10H2,1-3H3,(H,15,16);1H. The lowest BCUT2D eigenvalue weighted by Gasteiger charge is -2.15. The van der Waals surface area contributed by atoms with E-state index in [2.05, 4.69) is 60.4 Å². The number of likely N-dealkylation sites (N-methyl/N-ethyl adjacent to an activating group) is 1. The number of hydrogen-bond acceptors (Lipinski definition) is 3. The van der Waals surface area contributed by atoms with Gasteiger partial charge < -0.3 is 10.2 Å². The molecule has 3 nitrogen and oxygen atoms in total. The summed E-state index contributed by atoms with van der Waals surface area (Å²) in [5, 5.41) is 3.39. The lowest BCUT2D eigenvalue weighted by atomic mass is 10.0. The van der Waals surface area contributed by atoms with Crippen molar-refractivity contribution in [3.05, 3.63) is 35.4 Å². The largest absolute Gasteiger partial charge is 0.352 e. The summed E-state index contributed by atoms with van der Waals surface area (Å²) in [6, 6.07) is 8.75.